The molecule has 1 atom stereocenters. The summed E-state index contributed by atoms with van der Waals surface area (Å²) in [6.07, 6.45) is 2.49. The van der Waals surface area contributed by atoms with Gasteiger partial charge in [-0.2, -0.15) is 0 Å². The highest BCUT2D eigenvalue weighted by Gasteiger charge is 2.28. The third kappa shape index (κ3) is 2.29. The highest BCUT2D eigenvalue weighted by atomic mass is 16.5. The van der Waals surface area contributed by atoms with Crippen LogP contribution in [0.1, 0.15) is 30.1 Å². The van der Waals surface area contributed by atoms with E-state index in [1.165, 1.54) is 0 Å². The molecule has 1 saturated heterocycles. The number of benzene rings is 1. The molecule has 0 radical (unpaired) electrons. The third-order valence-corrected chi connectivity index (χ3v) is 3.90. The molecule has 1 unspecified atom stereocenters. The summed E-state index contributed by atoms with van der Waals surface area (Å²) in [6.45, 7) is 4.64. The van der Waals surface area contributed by atoms with Gasteiger partial charge < -0.3 is 15.0 Å². The Labute approximate surface area is 117 Å². The first kappa shape index (κ1) is 13.1. The van der Waals surface area contributed by atoms with Crippen LogP contribution in [0.4, 0.5) is 11.4 Å². The summed E-state index contributed by atoms with van der Waals surface area (Å²) in [4.78, 5) is 25.2. The van der Waals surface area contributed by atoms with Crippen molar-refractivity contribution in [2.75, 3.05) is 29.9 Å². The minimum atomic E-state index is -0.542. The lowest BCUT2D eigenvalue weighted by molar-refractivity contribution is -0.112. The molecule has 1 aromatic carbocycles. The van der Waals surface area contributed by atoms with E-state index in [0.29, 0.717) is 11.3 Å². The molecule has 1 amide bonds. The largest absolute Gasteiger partial charge is 0.376 e. The Kier molecular flexibility index (Phi) is 3.44. The zero-order valence-corrected chi connectivity index (χ0v) is 11.5. The maximum atomic E-state index is 11.6. The number of carbonyl (C=O) groups is 2. The number of nitrogens with one attached hydrogen (secondary N) is 1. The predicted molar refractivity (Wildman–Crippen MR) is 76.3 cm³/mol. The van der Waals surface area contributed by atoms with Gasteiger partial charge in [-0.1, -0.05) is 0 Å². The Morgan fingerprint density at radius 1 is 1.40 bits per heavy atom. The molecule has 0 bridgehead atoms. The summed E-state index contributed by atoms with van der Waals surface area (Å²) in [5, 5.41) is 2.61. The first-order valence-corrected chi connectivity index (χ1v) is 7.05. The van der Waals surface area contributed by atoms with Gasteiger partial charge in [0, 0.05) is 25.4 Å². The number of rotatable bonds is 4. The molecule has 3 rings (SSSR count). The molecular weight excluding hydrogens is 256 g/mol. The van der Waals surface area contributed by atoms with Gasteiger partial charge in [-0.15, -0.1) is 0 Å². The Hall–Kier alpha value is -1.88. The molecule has 0 saturated carbocycles. The highest BCUT2D eigenvalue weighted by molar-refractivity contribution is 6.51. The van der Waals surface area contributed by atoms with Gasteiger partial charge in [-0.3, -0.25) is 9.59 Å². The Morgan fingerprint density at radius 3 is 2.95 bits per heavy atom. The van der Waals surface area contributed by atoms with E-state index in [2.05, 4.69) is 17.1 Å². The number of nitrogens with zero attached hydrogens (tertiary/aromatic N) is 1. The third-order valence-electron chi connectivity index (χ3n) is 3.90. The van der Waals surface area contributed by atoms with Crippen molar-refractivity contribution in [3.8, 4) is 0 Å². The molecular formula is C15H18N2O3. The second kappa shape index (κ2) is 5.25. The average Bonchev–Trinajstić information content (AvgIpc) is 3.05. The molecule has 1 N–H and O–H groups in total. The number of amides is 1. The second-order valence-corrected chi connectivity index (χ2v) is 5.19. The molecule has 0 aliphatic carbocycles. The van der Waals surface area contributed by atoms with Gasteiger partial charge in [0.15, 0.2) is 0 Å². The molecule has 0 aromatic heterocycles. The van der Waals surface area contributed by atoms with Crippen LogP contribution in [0.25, 0.3) is 0 Å². The monoisotopic (exact) mass is 274 g/mol. The van der Waals surface area contributed by atoms with E-state index in [-0.39, 0.29) is 6.10 Å². The van der Waals surface area contributed by atoms with Crippen LogP contribution in [0.3, 0.4) is 0 Å². The van der Waals surface area contributed by atoms with E-state index in [4.69, 9.17) is 4.74 Å². The van der Waals surface area contributed by atoms with E-state index < -0.39 is 11.7 Å². The van der Waals surface area contributed by atoms with Crippen molar-refractivity contribution in [2.24, 2.45) is 0 Å². The van der Waals surface area contributed by atoms with Gasteiger partial charge in [0.05, 0.1) is 17.4 Å². The maximum Gasteiger partial charge on any atom is 0.296 e. The van der Waals surface area contributed by atoms with Crippen molar-refractivity contribution < 1.29 is 14.3 Å². The standard InChI is InChI=1S/C15H18N2O3/c1-2-17(9-11-4-3-7-20-11)10-5-6-12-13(8-10)16-15(19)14(12)18/h5-6,8,11H,2-4,7,9H2,1H3,(H,16,18,19). The Morgan fingerprint density at radius 2 is 2.25 bits per heavy atom. The first-order valence-electron chi connectivity index (χ1n) is 7.05. The Bertz CT molecular complexity index is 550. The van der Waals surface area contributed by atoms with Gasteiger partial charge >= 0.3 is 0 Å². The summed E-state index contributed by atoms with van der Waals surface area (Å²) < 4.78 is 5.67. The molecule has 2 aliphatic heterocycles. The van der Waals surface area contributed by atoms with E-state index >= 15 is 0 Å². The number of carbonyl (C=O) groups excluding carboxylic acids is 2. The van der Waals surface area contributed by atoms with E-state index in [9.17, 15) is 9.59 Å². The number of fused-ring (bicyclic) bond motifs is 1. The summed E-state index contributed by atoms with van der Waals surface area (Å²) >= 11 is 0. The fraction of sp³-hybridized carbons (Fsp3) is 0.467. The van der Waals surface area contributed by atoms with Crippen molar-refractivity contribution in [3.63, 3.8) is 0 Å². The molecule has 5 heteroatoms. The smallest absolute Gasteiger partial charge is 0.296 e. The van der Waals surface area contributed by atoms with Crippen molar-refractivity contribution >= 4 is 23.1 Å². The van der Waals surface area contributed by atoms with Crippen LogP contribution in [-0.4, -0.2) is 37.5 Å². The molecule has 20 heavy (non-hydrogen) atoms. The van der Waals surface area contributed by atoms with Crippen molar-refractivity contribution in [3.05, 3.63) is 23.8 Å². The van der Waals surface area contributed by atoms with Gasteiger partial charge in [-0.05, 0) is 38.0 Å². The lowest BCUT2D eigenvalue weighted by Gasteiger charge is -2.26. The van der Waals surface area contributed by atoms with Crippen molar-refractivity contribution in [1.29, 1.82) is 0 Å². The van der Waals surface area contributed by atoms with Crippen molar-refractivity contribution in [1.82, 2.24) is 0 Å². The number of likely N-dealkylation sites (N-methyl/N-ethyl adjacent to an activating group) is 1. The van der Waals surface area contributed by atoms with Gasteiger partial charge in [0.2, 0.25) is 0 Å². The van der Waals surface area contributed by atoms with Gasteiger partial charge in [0.25, 0.3) is 11.7 Å². The van der Waals surface area contributed by atoms with Crippen LogP contribution in [0.2, 0.25) is 0 Å². The maximum absolute atomic E-state index is 11.6. The van der Waals surface area contributed by atoms with Gasteiger partial charge in [-0.25, -0.2) is 0 Å². The zero-order chi connectivity index (χ0) is 14.1. The lowest BCUT2D eigenvalue weighted by Crippen LogP contribution is -2.32. The van der Waals surface area contributed by atoms with Gasteiger partial charge in [0.1, 0.15) is 0 Å². The molecule has 0 spiro atoms. The summed E-state index contributed by atoms with van der Waals surface area (Å²) in [5.74, 6) is -0.993. The molecule has 1 fully saturated rings. The second-order valence-electron chi connectivity index (χ2n) is 5.19. The number of ether oxygens (including phenoxy) is 1. The molecule has 106 valence electrons. The summed E-state index contributed by atoms with van der Waals surface area (Å²) in [6, 6.07) is 5.50. The summed E-state index contributed by atoms with van der Waals surface area (Å²) in [5.41, 5.74) is 2.09. The van der Waals surface area contributed by atoms with Crippen LogP contribution in [0, 0.1) is 0 Å². The van der Waals surface area contributed by atoms with Crippen LogP contribution >= 0.6 is 0 Å². The SMILES string of the molecule is CCN(CC1CCCO1)c1ccc2c(c1)NC(=O)C2=O. The number of hydrogen-bond acceptors (Lipinski definition) is 4. The fourth-order valence-corrected chi connectivity index (χ4v) is 2.78. The predicted octanol–water partition coefficient (Wildman–Crippen LogP) is 1.83. The lowest BCUT2D eigenvalue weighted by atomic mass is 10.1. The molecule has 2 aliphatic rings. The van der Waals surface area contributed by atoms with E-state index in [0.717, 1.165) is 38.2 Å². The number of anilines is 2. The first-order chi connectivity index (χ1) is 9.69. The Balaban J connectivity index is 1.80. The van der Waals surface area contributed by atoms with E-state index in [1.54, 1.807) is 6.07 Å². The van der Waals surface area contributed by atoms with E-state index in [1.807, 2.05) is 12.1 Å². The fourth-order valence-electron chi connectivity index (χ4n) is 2.78. The van der Waals surface area contributed by atoms with Crippen LogP contribution in [-0.2, 0) is 9.53 Å². The molecule has 2 heterocycles. The van der Waals surface area contributed by atoms with Crippen LogP contribution in [0.15, 0.2) is 18.2 Å². The quantitative estimate of drug-likeness (QED) is 0.851. The molecule has 1 aromatic rings. The minimum absolute atomic E-state index is 0.277. The number of ketones is 1. The average molecular weight is 274 g/mol. The van der Waals surface area contributed by atoms with Crippen LogP contribution in [0.5, 0.6) is 0 Å². The highest BCUT2D eigenvalue weighted by Crippen LogP contribution is 2.29. The molecule has 5 nitrogen and oxygen atoms in total. The zero-order valence-electron chi connectivity index (χ0n) is 11.5. The number of Topliss-reactive ketones (excluding diaryl/α,β-unsaturated/α-hetero) is 1. The summed E-state index contributed by atoms with van der Waals surface area (Å²) in [7, 11) is 0. The van der Waals surface area contributed by atoms with Crippen LogP contribution < -0.4 is 10.2 Å². The minimum Gasteiger partial charge on any atom is -0.376 e. The van der Waals surface area contributed by atoms with Crippen molar-refractivity contribution in [2.45, 2.75) is 25.9 Å². The topological polar surface area (TPSA) is 58.6 Å². The number of hydrogen-bond donors (Lipinski definition) is 1. The normalized spacial score (nSPS) is 20.9.